The molecule has 0 aromatic carbocycles. The van der Waals surface area contributed by atoms with Crippen LogP contribution in [0, 0.1) is 5.41 Å². The lowest BCUT2D eigenvalue weighted by Gasteiger charge is -2.34. The molecule has 0 aliphatic carbocycles. The summed E-state index contributed by atoms with van der Waals surface area (Å²) in [6, 6.07) is 0. The predicted octanol–water partition coefficient (Wildman–Crippen LogP) is 0.887. The zero-order valence-electron chi connectivity index (χ0n) is 11.5. The first-order valence-electron chi connectivity index (χ1n) is 7.19. The van der Waals surface area contributed by atoms with E-state index in [0.717, 1.165) is 39.1 Å². The molecular formula is C13H26N2O2S. The topological polar surface area (TPSA) is 49.4 Å². The average molecular weight is 274 g/mol. The quantitative estimate of drug-likeness (QED) is 0.827. The first kappa shape index (κ1) is 14.3. The number of nitrogens with zero attached hydrogens (tertiary/aromatic N) is 1. The first-order valence-corrected chi connectivity index (χ1v) is 9.01. The highest BCUT2D eigenvalue weighted by Gasteiger charge is 2.35. The molecule has 1 atom stereocenters. The van der Waals surface area contributed by atoms with Crippen LogP contribution in [-0.4, -0.2) is 57.5 Å². The summed E-state index contributed by atoms with van der Waals surface area (Å²) in [4.78, 5) is 2.38. The molecule has 18 heavy (non-hydrogen) atoms. The fraction of sp³-hybridized carbons (Fsp3) is 1.00. The summed E-state index contributed by atoms with van der Waals surface area (Å²) in [6.45, 7) is 7.21. The van der Waals surface area contributed by atoms with Gasteiger partial charge < -0.3 is 10.2 Å². The van der Waals surface area contributed by atoms with E-state index in [0.29, 0.717) is 16.9 Å². The minimum absolute atomic E-state index is 0.350. The molecule has 5 heteroatoms. The van der Waals surface area contributed by atoms with Gasteiger partial charge in [-0.2, -0.15) is 0 Å². The zero-order valence-corrected chi connectivity index (χ0v) is 12.3. The lowest BCUT2D eigenvalue weighted by Crippen LogP contribution is -2.40. The maximum atomic E-state index is 11.6. The SMILES string of the molecule is CCCC1(CN2CCCS(=O)(=O)CC2)CCNC1. The monoisotopic (exact) mass is 274 g/mol. The molecule has 2 aliphatic heterocycles. The number of hydrogen-bond donors (Lipinski definition) is 1. The number of rotatable bonds is 4. The molecule has 2 rings (SSSR count). The summed E-state index contributed by atoms with van der Waals surface area (Å²) < 4.78 is 23.2. The first-order chi connectivity index (χ1) is 8.55. The molecule has 0 amide bonds. The summed E-state index contributed by atoms with van der Waals surface area (Å²) >= 11 is 0. The fourth-order valence-corrected chi connectivity index (χ4v) is 4.69. The van der Waals surface area contributed by atoms with Crippen molar-refractivity contribution >= 4 is 9.84 Å². The van der Waals surface area contributed by atoms with Crippen LogP contribution in [0.3, 0.4) is 0 Å². The Hall–Kier alpha value is -0.130. The number of nitrogens with one attached hydrogen (secondary N) is 1. The minimum atomic E-state index is -2.78. The molecule has 1 N–H and O–H groups in total. The second kappa shape index (κ2) is 5.88. The van der Waals surface area contributed by atoms with Crippen molar-refractivity contribution in [3.05, 3.63) is 0 Å². The van der Waals surface area contributed by atoms with Gasteiger partial charge in [-0.25, -0.2) is 8.42 Å². The van der Waals surface area contributed by atoms with Crippen molar-refractivity contribution in [1.29, 1.82) is 0 Å². The van der Waals surface area contributed by atoms with Gasteiger partial charge in [-0.05, 0) is 37.8 Å². The highest BCUT2D eigenvalue weighted by Crippen LogP contribution is 2.32. The molecule has 1 unspecified atom stereocenters. The molecule has 0 radical (unpaired) electrons. The Morgan fingerprint density at radius 2 is 2.11 bits per heavy atom. The van der Waals surface area contributed by atoms with Crippen molar-refractivity contribution in [2.24, 2.45) is 5.41 Å². The molecule has 0 saturated carbocycles. The van der Waals surface area contributed by atoms with E-state index in [1.165, 1.54) is 19.3 Å². The summed E-state index contributed by atoms with van der Waals surface area (Å²) in [5.74, 6) is 0.727. The molecule has 0 aromatic rings. The van der Waals surface area contributed by atoms with E-state index < -0.39 is 9.84 Å². The lowest BCUT2D eigenvalue weighted by molar-refractivity contribution is 0.160. The van der Waals surface area contributed by atoms with Crippen molar-refractivity contribution in [1.82, 2.24) is 10.2 Å². The van der Waals surface area contributed by atoms with Crippen LogP contribution in [0.15, 0.2) is 0 Å². The molecule has 0 bridgehead atoms. The highest BCUT2D eigenvalue weighted by molar-refractivity contribution is 7.91. The molecule has 2 saturated heterocycles. The summed E-state index contributed by atoms with van der Waals surface area (Å²) in [5, 5.41) is 3.47. The van der Waals surface area contributed by atoms with Gasteiger partial charge in [0.1, 0.15) is 0 Å². The Labute approximate surface area is 111 Å². The summed E-state index contributed by atoms with van der Waals surface area (Å²) in [7, 11) is -2.78. The Balaban J connectivity index is 1.95. The van der Waals surface area contributed by atoms with Crippen LogP contribution in [0.25, 0.3) is 0 Å². The van der Waals surface area contributed by atoms with Crippen LogP contribution < -0.4 is 5.32 Å². The molecule has 0 spiro atoms. The van der Waals surface area contributed by atoms with E-state index in [2.05, 4.69) is 17.1 Å². The second-order valence-corrected chi connectivity index (χ2v) is 8.26. The van der Waals surface area contributed by atoms with Gasteiger partial charge in [0.15, 0.2) is 9.84 Å². The van der Waals surface area contributed by atoms with Crippen molar-refractivity contribution < 1.29 is 8.42 Å². The Morgan fingerprint density at radius 1 is 1.28 bits per heavy atom. The van der Waals surface area contributed by atoms with Gasteiger partial charge in [0.25, 0.3) is 0 Å². The number of hydrogen-bond acceptors (Lipinski definition) is 4. The lowest BCUT2D eigenvalue weighted by atomic mass is 9.82. The Kier molecular flexibility index (Phi) is 4.67. The molecular weight excluding hydrogens is 248 g/mol. The van der Waals surface area contributed by atoms with Crippen molar-refractivity contribution in [2.45, 2.75) is 32.6 Å². The molecule has 106 valence electrons. The van der Waals surface area contributed by atoms with E-state index in [-0.39, 0.29) is 0 Å². The third-order valence-corrected chi connectivity index (χ3v) is 6.03. The van der Waals surface area contributed by atoms with Crippen LogP contribution in [0.1, 0.15) is 32.6 Å². The zero-order chi connectivity index (χ0) is 13.1. The van der Waals surface area contributed by atoms with Crippen molar-refractivity contribution in [3.63, 3.8) is 0 Å². The second-order valence-electron chi connectivity index (χ2n) is 5.96. The molecule has 2 aliphatic rings. The minimum Gasteiger partial charge on any atom is -0.316 e. The van der Waals surface area contributed by atoms with Gasteiger partial charge in [-0.1, -0.05) is 13.3 Å². The predicted molar refractivity (Wildman–Crippen MR) is 74.5 cm³/mol. The highest BCUT2D eigenvalue weighted by atomic mass is 32.2. The summed E-state index contributed by atoms with van der Waals surface area (Å²) in [6.07, 6.45) is 4.51. The Morgan fingerprint density at radius 3 is 2.78 bits per heavy atom. The standard InChI is InChI=1S/C13H26N2O2S/c1-2-4-13(5-6-14-11-13)12-15-7-3-9-18(16,17)10-8-15/h14H,2-12H2,1H3. The smallest absolute Gasteiger partial charge is 0.151 e. The molecule has 0 aromatic heterocycles. The van der Waals surface area contributed by atoms with E-state index in [9.17, 15) is 8.42 Å². The van der Waals surface area contributed by atoms with Gasteiger partial charge in [0, 0.05) is 19.6 Å². The third kappa shape index (κ3) is 3.68. The van der Waals surface area contributed by atoms with Crippen LogP contribution in [0.2, 0.25) is 0 Å². The maximum Gasteiger partial charge on any atom is 0.151 e. The van der Waals surface area contributed by atoms with E-state index in [4.69, 9.17) is 0 Å². The maximum absolute atomic E-state index is 11.6. The van der Waals surface area contributed by atoms with Gasteiger partial charge in [0.2, 0.25) is 0 Å². The summed E-state index contributed by atoms with van der Waals surface area (Å²) in [5.41, 5.74) is 0.392. The van der Waals surface area contributed by atoms with Crippen molar-refractivity contribution in [3.8, 4) is 0 Å². The molecule has 2 heterocycles. The van der Waals surface area contributed by atoms with Gasteiger partial charge in [0.05, 0.1) is 11.5 Å². The average Bonchev–Trinajstić information content (AvgIpc) is 2.68. The Bertz CT molecular complexity index is 361. The third-order valence-electron chi connectivity index (χ3n) is 4.32. The van der Waals surface area contributed by atoms with Crippen LogP contribution in [-0.2, 0) is 9.84 Å². The van der Waals surface area contributed by atoms with Crippen LogP contribution >= 0.6 is 0 Å². The molecule has 4 nitrogen and oxygen atoms in total. The van der Waals surface area contributed by atoms with Crippen LogP contribution in [0.4, 0.5) is 0 Å². The van der Waals surface area contributed by atoms with E-state index in [1.807, 2.05) is 0 Å². The largest absolute Gasteiger partial charge is 0.316 e. The van der Waals surface area contributed by atoms with Crippen LogP contribution in [0.5, 0.6) is 0 Å². The fourth-order valence-electron chi connectivity index (χ4n) is 3.38. The molecule has 2 fully saturated rings. The van der Waals surface area contributed by atoms with Crippen molar-refractivity contribution in [2.75, 3.05) is 44.2 Å². The van der Waals surface area contributed by atoms with E-state index >= 15 is 0 Å². The van der Waals surface area contributed by atoms with Gasteiger partial charge >= 0.3 is 0 Å². The number of sulfone groups is 1. The van der Waals surface area contributed by atoms with Gasteiger partial charge in [-0.3, -0.25) is 0 Å². The van der Waals surface area contributed by atoms with Gasteiger partial charge in [-0.15, -0.1) is 0 Å². The normalized spacial score (nSPS) is 33.4. The van der Waals surface area contributed by atoms with E-state index in [1.54, 1.807) is 0 Å².